The molecule has 0 unspecified atom stereocenters. The Bertz CT molecular complexity index is 989. The minimum Gasteiger partial charge on any atom is -0.410 e. The third-order valence-corrected chi connectivity index (χ3v) is 7.06. The van der Waals surface area contributed by atoms with E-state index in [0.29, 0.717) is 11.1 Å². The van der Waals surface area contributed by atoms with E-state index in [1.807, 2.05) is 32.0 Å². The molecule has 0 saturated carbocycles. The number of benzene rings is 1. The zero-order valence-electron chi connectivity index (χ0n) is 16.2. The van der Waals surface area contributed by atoms with E-state index >= 15 is 0 Å². The van der Waals surface area contributed by atoms with E-state index in [1.54, 1.807) is 11.3 Å². The maximum absolute atomic E-state index is 12.3. The number of carbonyl (C=O) groups is 1. The molecule has 0 aliphatic heterocycles. The quantitative estimate of drug-likeness (QED) is 0.577. The summed E-state index contributed by atoms with van der Waals surface area (Å²) in [5.41, 5.74) is 4.39. The van der Waals surface area contributed by atoms with E-state index < -0.39 is 0 Å². The Morgan fingerprint density at radius 2 is 2.11 bits per heavy atom. The van der Waals surface area contributed by atoms with Crippen LogP contribution in [0.2, 0.25) is 0 Å². The molecule has 1 atom stereocenters. The number of para-hydroxylation sites is 1. The van der Waals surface area contributed by atoms with Gasteiger partial charge < -0.3 is 9.73 Å². The number of aryl methyl sites for hydroxylation is 3. The van der Waals surface area contributed by atoms with E-state index in [4.69, 9.17) is 4.42 Å². The van der Waals surface area contributed by atoms with Gasteiger partial charge in [-0.1, -0.05) is 36.9 Å². The van der Waals surface area contributed by atoms with Gasteiger partial charge in [0.2, 0.25) is 5.91 Å². The van der Waals surface area contributed by atoms with Gasteiger partial charge in [-0.3, -0.25) is 4.79 Å². The minimum absolute atomic E-state index is 0.0808. The Morgan fingerprint density at radius 1 is 1.32 bits per heavy atom. The van der Waals surface area contributed by atoms with Crippen molar-refractivity contribution in [2.45, 2.75) is 45.3 Å². The van der Waals surface area contributed by atoms with Crippen molar-refractivity contribution in [3.05, 3.63) is 45.8 Å². The number of fused-ring (bicyclic) bond motifs is 1. The van der Waals surface area contributed by atoms with Crippen molar-refractivity contribution in [1.82, 2.24) is 10.2 Å². The Hall–Kier alpha value is -2.12. The second kappa shape index (κ2) is 8.09. The molecule has 1 aliphatic rings. The number of carbonyl (C=O) groups excluding carboxylic acids is 1. The highest BCUT2D eigenvalue weighted by molar-refractivity contribution is 7.99. The average molecular weight is 414 g/mol. The first-order chi connectivity index (χ1) is 13.5. The molecule has 5 nitrogen and oxygen atoms in total. The first kappa shape index (κ1) is 19.2. The van der Waals surface area contributed by atoms with E-state index in [-0.39, 0.29) is 11.7 Å². The van der Waals surface area contributed by atoms with Crippen molar-refractivity contribution in [3.63, 3.8) is 0 Å². The van der Waals surface area contributed by atoms with Crippen LogP contribution in [0, 0.1) is 19.8 Å². The topological polar surface area (TPSA) is 68.0 Å². The summed E-state index contributed by atoms with van der Waals surface area (Å²) < 4.78 is 5.79. The fraction of sp³-hybridized carbons (Fsp3) is 0.381. The zero-order valence-corrected chi connectivity index (χ0v) is 17.9. The first-order valence-corrected chi connectivity index (χ1v) is 11.2. The molecule has 0 bridgehead atoms. The fourth-order valence-corrected chi connectivity index (χ4v) is 5.19. The Kier molecular flexibility index (Phi) is 5.55. The average Bonchev–Trinajstić information content (AvgIpc) is 3.29. The van der Waals surface area contributed by atoms with Crippen LogP contribution in [0.5, 0.6) is 0 Å². The molecule has 1 N–H and O–H groups in total. The van der Waals surface area contributed by atoms with E-state index in [1.165, 1.54) is 28.6 Å². The van der Waals surface area contributed by atoms with Crippen LogP contribution in [-0.2, 0) is 17.6 Å². The van der Waals surface area contributed by atoms with Crippen LogP contribution >= 0.6 is 23.1 Å². The lowest BCUT2D eigenvalue weighted by Gasteiger charge is -2.16. The van der Waals surface area contributed by atoms with Crippen LogP contribution in [0.3, 0.4) is 0 Å². The van der Waals surface area contributed by atoms with Gasteiger partial charge in [-0.2, -0.15) is 0 Å². The number of hydrogen-bond acceptors (Lipinski definition) is 6. The third-order valence-electron chi connectivity index (χ3n) is 5.02. The molecule has 3 aromatic rings. The largest absolute Gasteiger partial charge is 0.410 e. The minimum atomic E-state index is -0.0808. The molecule has 0 spiro atoms. The van der Waals surface area contributed by atoms with Gasteiger partial charge in [-0.15, -0.1) is 21.5 Å². The van der Waals surface area contributed by atoms with Gasteiger partial charge in [-0.05, 0) is 61.8 Å². The highest BCUT2D eigenvalue weighted by Crippen LogP contribution is 2.37. The van der Waals surface area contributed by atoms with Crippen LogP contribution in [0.1, 0.15) is 34.9 Å². The van der Waals surface area contributed by atoms with Crippen molar-refractivity contribution >= 4 is 34.7 Å². The second-order valence-corrected chi connectivity index (χ2v) is 9.45. The lowest BCUT2D eigenvalue weighted by atomic mass is 9.90. The predicted molar refractivity (Wildman–Crippen MR) is 114 cm³/mol. The fourth-order valence-electron chi connectivity index (χ4n) is 3.49. The molecule has 2 heterocycles. The second-order valence-electron chi connectivity index (χ2n) is 7.38. The van der Waals surface area contributed by atoms with Crippen LogP contribution in [0.15, 0.2) is 33.9 Å². The summed E-state index contributed by atoms with van der Waals surface area (Å²) >= 11 is 3.01. The van der Waals surface area contributed by atoms with E-state index in [2.05, 4.69) is 28.5 Å². The lowest BCUT2D eigenvalue weighted by molar-refractivity contribution is -0.113. The van der Waals surface area contributed by atoms with Crippen molar-refractivity contribution in [3.8, 4) is 10.8 Å². The molecule has 0 saturated heterocycles. The number of rotatable bonds is 5. The summed E-state index contributed by atoms with van der Waals surface area (Å²) in [6.45, 7) is 6.27. The van der Waals surface area contributed by atoms with Gasteiger partial charge in [0.05, 0.1) is 10.6 Å². The molecule has 146 valence electrons. The molecule has 0 radical (unpaired) electrons. The number of nitrogens with one attached hydrogen (secondary N) is 1. The van der Waals surface area contributed by atoms with Gasteiger partial charge in [0.25, 0.3) is 11.1 Å². The molecule has 28 heavy (non-hydrogen) atoms. The van der Waals surface area contributed by atoms with Crippen molar-refractivity contribution in [2.24, 2.45) is 5.92 Å². The standard InChI is InChI=1S/C21H23N3O2S2/c1-12-7-8-16-15(9-12)10-17(28-16)20-23-24-21(26-20)27-11-18(25)22-19-13(2)5-4-6-14(19)3/h4-6,10,12H,7-9,11H2,1-3H3,(H,22,25)/t12-/m1/s1. The highest BCUT2D eigenvalue weighted by Gasteiger charge is 2.21. The lowest BCUT2D eigenvalue weighted by Crippen LogP contribution is -2.15. The molecular formula is C21H23N3O2S2. The monoisotopic (exact) mass is 413 g/mol. The molecule has 1 aromatic carbocycles. The van der Waals surface area contributed by atoms with Gasteiger partial charge in [0.1, 0.15) is 0 Å². The van der Waals surface area contributed by atoms with Gasteiger partial charge >= 0.3 is 0 Å². The number of aromatic nitrogens is 2. The molecule has 4 rings (SSSR count). The van der Waals surface area contributed by atoms with Crippen LogP contribution < -0.4 is 5.32 Å². The maximum Gasteiger partial charge on any atom is 0.277 e. The van der Waals surface area contributed by atoms with Crippen LogP contribution in [-0.4, -0.2) is 21.9 Å². The Balaban J connectivity index is 1.38. The molecular weight excluding hydrogens is 390 g/mol. The number of nitrogens with zero attached hydrogens (tertiary/aromatic N) is 2. The number of anilines is 1. The Morgan fingerprint density at radius 3 is 2.89 bits per heavy atom. The smallest absolute Gasteiger partial charge is 0.277 e. The normalized spacial score (nSPS) is 16.0. The van der Waals surface area contributed by atoms with E-state index in [9.17, 15) is 4.79 Å². The molecule has 2 aromatic heterocycles. The summed E-state index contributed by atoms with van der Waals surface area (Å²) in [5.74, 6) is 1.43. The number of hydrogen-bond donors (Lipinski definition) is 1. The van der Waals surface area contributed by atoms with Gasteiger partial charge in [-0.25, -0.2) is 0 Å². The number of thioether (sulfide) groups is 1. The van der Waals surface area contributed by atoms with Crippen LogP contribution in [0.4, 0.5) is 5.69 Å². The maximum atomic E-state index is 12.3. The third kappa shape index (κ3) is 4.15. The molecule has 0 fully saturated rings. The van der Waals surface area contributed by atoms with Crippen molar-refractivity contribution < 1.29 is 9.21 Å². The highest BCUT2D eigenvalue weighted by atomic mass is 32.2. The SMILES string of the molecule is Cc1cccc(C)c1NC(=O)CSc1nnc(-c2cc3c(s2)CC[C@@H](C)C3)o1. The summed E-state index contributed by atoms with van der Waals surface area (Å²) in [6, 6.07) is 8.15. The first-order valence-electron chi connectivity index (χ1n) is 9.44. The van der Waals surface area contributed by atoms with E-state index in [0.717, 1.165) is 40.5 Å². The summed E-state index contributed by atoms with van der Waals surface area (Å²) in [7, 11) is 0. The summed E-state index contributed by atoms with van der Waals surface area (Å²) in [5, 5.41) is 11.7. The summed E-state index contributed by atoms with van der Waals surface area (Å²) in [4.78, 5) is 14.8. The number of thiophene rings is 1. The van der Waals surface area contributed by atoms with Crippen molar-refractivity contribution in [2.75, 3.05) is 11.1 Å². The molecule has 1 aliphatic carbocycles. The Labute approximate surface area is 173 Å². The predicted octanol–water partition coefficient (Wildman–Crippen LogP) is 5.27. The van der Waals surface area contributed by atoms with Gasteiger partial charge in [0.15, 0.2) is 0 Å². The molecule has 1 amide bonds. The summed E-state index contributed by atoms with van der Waals surface area (Å²) in [6.07, 6.45) is 3.50. The zero-order chi connectivity index (χ0) is 19.7. The van der Waals surface area contributed by atoms with Crippen LogP contribution in [0.25, 0.3) is 10.8 Å². The van der Waals surface area contributed by atoms with Gasteiger partial charge in [0, 0.05) is 10.6 Å². The number of amides is 1. The van der Waals surface area contributed by atoms with Crippen molar-refractivity contribution in [1.29, 1.82) is 0 Å². The molecule has 7 heteroatoms.